The van der Waals surface area contributed by atoms with Gasteiger partial charge in [0.15, 0.2) is 0 Å². The molecular formula is C92H71N5. The summed E-state index contributed by atoms with van der Waals surface area (Å²) in [5.74, 6) is 0.138. The fourth-order valence-electron chi connectivity index (χ4n) is 14.3. The number of benzene rings is 13. The Balaban J connectivity index is 0.781. The van der Waals surface area contributed by atoms with Crippen molar-refractivity contribution in [3.05, 3.63) is 392 Å². The molecule has 0 radical (unpaired) electrons. The molecule has 0 fully saturated rings. The smallest absolute Gasteiger partial charge is 0.0613 e. The summed E-state index contributed by atoms with van der Waals surface area (Å²) in [5, 5.41) is 9.08. The monoisotopic (exact) mass is 1250 g/mol. The molecule has 2 heterocycles. The number of aryl methyl sites for hydroxylation is 2. The highest BCUT2D eigenvalue weighted by Crippen LogP contribution is 2.44. The van der Waals surface area contributed by atoms with Crippen LogP contribution < -0.4 is 24.8 Å². The van der Waals surface area contributed by atoms with E-state index in [0.717, 1.165) is 123 Å². The van der Waals surface area contributed by atoms with Crippen molar-refractivity contribution in [1.82, 2.24) is 4.40 Å². The lowest BCUT2D eigenvalue weighted by atomic mass is 9.89. The summed E-state index contributed by atoms with van der Waals surface area (Å²) >= 11 is 0. The second-order valence-corrected chi connectivity index (χ2v) is 25.2. The fourth-order valence-corrected chi connectivity index (χ4v) is 14.3. The Morgan fingerprint density at radius 3 is 1.26 bits per heavy atom. The molecule has 97 heavy (non-hydrogen) atoms. The molecule has 1 unspecified atom stereocenters. The van der Waals surface area contributed by atoms with Crippen molar-refractivity contribution < 1.29 is 0 Å². The fraction of sp³-hybridized carbons (Fsp3) is 0.0435. The van der Waals surface area contributed by atoms with Gasteiger partial charge in [0.2, 0.25) is 0 Å². The molecule has 464 valence electrons. The highest BCUT2D eigenvalue weighted by molar-refractivity contribution is 6.22. The predicted molar refractivity (Wildman–Crippen MR) is 413 cm³/mol. The van der Waals surface area contributed by atoms with E-state index in [0.29, 0.717) is 0 Å². The van der Waals surface area contributed by atoms with Crippen LogP contribution in [0.25, 0.3) is 66.4 Å². The molecule has 16 rings (SSSR count). The van der Waals surface area contributed by atoms with Crippen LogP contribution in [0, 0.1) is 13.8 Å². The lowest BCUT2D eigenvalue weighted by Gasteiger charge is -2.30. The Hall–Kier alpha value is -12.4. The second-order valence-electron chi connectivity index (χ2n) is 25.2. The van der Waals surface area contributed by atoms with Crippen molar-refractivity contribution in [1.29, 1.82) is 0 Å². The van der Waals surface area contributed by atoms with E-state index in [1.807, 2.05) is 0 Å². The largest absolute Gasteiger partial charge is 0.315 e. The molecule has 0 N–H and O–H groups in total. The van der Waals surface area contributed by atoms with Gasteiger partial charge >= 0.3 is 0 Å². The van der Waals surface area contributed by atoms with E-state index in [4.69, 9.17) is 6.58 Å². The van der Waals surface area contributed by atoms with Crippen LogP contribution in [0.3, 0.4) is 0 Å². The first-order valence-corrected chi connectivity index (χ1v) is 33.4. The van der Waals surface area contributed by atoms with Crippen LogP contribution in [0.1, 0.15) is 29.0 Å². The average Bonchev–Trinajstić information content (AvgIpc) is 1.64. The summed E-state index contributed by atoms with van der Waals surface area (Å²) < 4.78 is 2.37. The van der Waals surface area contributed by atoms with Gasteiger partial charge in [-0.1, -0.05) is 201 Å². The van der Waals surface area contributed by atoms with Gasteiger partial charge in [-0.05, 0) is 239 Å². The van der Waals surface area contributed by atoms with Gasteiger partial charge in [0.1, 0.15) is 0 Å². The number of hydrogen-bond acceptors (Lipinski definition) is 4. The Bertz CT molecular complexity index is 5510. The first-order chi connectivity index (χ1) is 47.8. The maximum Gasteiger partial charge on any atom is 0.0613 e. The zero-order valence-electron chi connectivity index (χ0n) is 54.4. The maximum atomic E-state index is 4.83. The molecule has 1 atom stereocenters. The van der Waals surface area contributed by atoms with E-state index < -0.39 is 0 Å². The standard InChI is InChI=1S/C92H71N5/c1-65-23-20-34-82(61-65)96(80-54-50-78(51-55-80)94(72-26-8-4-9-27-72)73-28-10-5-11-29-73)76-46-40-68(41-47-76)70-44-58-84-85-59-45-71(64-90(85)88-38-22-37-87-86-36-16-17-39-91(86)93(92(87)88)60-19-18-25-67(3)89(84)63-70)69-42-48-77(49-43-69)97(83-35-21-24-66(2)62-83)81-56-52-79(53-57-81)95(74-30-12-6-13-31-74)75-32-14-7-15-33-75/h4-40,42-64,68H,3,41H2,1-2H3. The van der Waals surface area contributed by atoms with Crippen LogP contribution in [0.5, 0.6) is 0 Å². The minimum atomic E-state index is 0.138. The summed E-state index contributed by atoms with van der Waals surface area (Å²) in [7, 11) is 0. The van der Waals surface area contributed by atoms with Gasteiger partial charge in [0.25, 0.3) is 0 Å². The molecule has 0 bridgehead atoms. The highest BCUT2D eigenvalue weighted by Gasteiger charge is 2.22. The normalized spacial score (nSPS) is 12.8. The van der Waals surface area contributed by atoms with Gasteiger partial charge in [-0.3, -0.25) is 0 Å². The van der Waals surface area contributed by atoms with Gasteiger partial charge in [-0.25, -0.2) is 0 Å². The Labute approximate surface area is 567 Å². The third-order valence-corrected chi connectivity index (χ3v) is 18.9. The minimum Gasteiger partial charge on any atom is -0.315 e. The van der Waals surface area contributed by atoms with Crippen LogP contribution in [-0.2, 0) is 0 Å². The lowest BCUT2D eigenvalue weighted by molar-refractivity contribution is 0.841. The van der Waals surface area contributed by atoms with Crippen molar-refractivity contribution in [2.75, 3.05) is 19.6 Å². The van der Waals surface area contributed by atoms with E-state index in [1.54, 1.807) is 0 Å². The zero-order valence-corrected chi connectivity index (χ0v) is 54.4. The molecule has 0 spiro atoms. The van der Waals surface area contributed by atoms with E-state index >= 15 is 0 Å². The summed E-state index contributed by atoms with van der Waals surface area (Å²) in [4.78, 5) is 9.37. The lowest BCUT2D eigenvalue weighted by Crippen LogP contribution is -2.18. The number of anilines is 11. The Morgan fingerprint density at radius 1 is 0.309 bits per heavy atom. The first-order valence-electron chi connectivity index (χ1n) is 33.4. The molecule has 0 aliphatic heterocycles. The number of aromatic nitrogens is 1. The van der Waals surface area contributed by atoms with E-state index in [2.05, 4.69) is 402 Å². The SMILES string of the molecule is C=c1ccccn2c3ccccc3c3cccc(c4cc(-c5ccc(N(c6ccc(N(c7ccccc7)c7ccccc7)cc6)c6cccc(C)c6)cc5)ccc4c4ccc(C5C=CC(N(c6ccc(N(c7ccccc7)c7ccccc7)cc6)c6cccc(C)c6)=CC5)cc14)c32. The van der Waals surface area contributed by atoms with Gasteiger partial charge in [-0.15, -0.1) is 0 Å². The van der Waals surface area contributed by atoms with Crippen LogP contribution in [-0.4, -0.2) is 4.40 Å². The number of nitrogens with zero attached hydrogens (tertiary/aromatic N) is 5. The molecule has 5 nitrogen and oxygen atoms in total. The summed E-state index contributed by atoms with van der Waals surface area (Å²) in [6, 6.07) is 123. The van der Waals surface area contributed by atoms with Gasteiger partial charge in [0, 0.05) is 96.5 Å². The molecule has 0 saturated heterocycles. The molecule has 1 aliphatic rings. The van der Waals surface area contributed by atoms with E-state index in [1.165, 1.54) is 33.0 Å². The van der Waals surface area contributed by atoms with Crippen LogP contribution in [0.4, 0.5) is 62.6 Å². The molecule has 2 aromatic heterocycles. The highest BCUT2D eigenvalue weighted by atomic mass is 15.2. The summed E-state index contributed by atoms with van der Waals surface area (Å²) in [6.07, 6.45) is 10.2. The molecule has 0 amide bonds. The van der Waals surface area contributed by atoms with Crippen molar-refractivity contribution in [3.8, 4) is 11.1 Å². The number of hydrogen-bond donors (Lipinski definition) is 0. The molecular weight excluding hydrogens is 1180 g/mol. The third-order valence-electron chi connectivity index (χ3n) is 18.9. The van der Waals surface area contributed by atoms with Crippen molar-refractivity contribution in [3.63, 3.8) is 0 Å². The second kappa shape index (κ2) is 26.2. The Kier molecular flexibility index (Phi) is 16.1. The quantitative estimate of drug-likeness (QED) is 0.108. The number of allylic oxidation sites excluding steroid dienone is 3. The van der Waals surface area contributed by atoms with Crippen molar-refractivity contribution in [2.45, 2.75) is 26.2 Å². The van der Waals surface area contributed by atoms with Gasteiger partial charge < -0.3 is 24.0 Å². The molecule has 15 aromatic rings. The Morgan fingerprint density at radius 2 is 0.722 bits per heavy atom. The zero-order chi connectivity index (χ0) is 65.2. The minimum absolute atomic E-state index is 0.138. The molecule has 13 aromatic carbocycles. The van der Waals surface area contributed by atoms with Crippen LogP contribution in [0.2, 0.25) is 0 Å². The first kappa shape index (κ1) is 59.6. The van der Waals surface area contributed by atoms with Crippen LogP contribution in [0.15, 0.2) is 370 Å². The molecule has 5 heteroatoms. The van der Waals surface area contributed by atoms with Crippen molar-refractivity contribution in [2.24, 2.45) is 0 Å². The number of rotatable bonds is 14. The van der Waals surface area contributed by atoms with E-state index in [-0.39, 0.29) is 5.92 Å². The summed E-state index contributed by atoms with van der Waals surface area (Å²) in [6.45, 7) is 9.15. The predicted octanol–water partition coefficient (Wildman–Crippen LogP) is 24.8. The topological polar surface area (TPSA) is 17.4 Å². The number of fused-ring (bicyclic) bond motifs is 7. The van der Waals surface area contributed by atoms with E-state index in [9.17, 15) is 0 Å². The summed E-state index contributed by atoms with van der Waals surface area (Å²) in [5.41, 5.74) is 21.4. The molecule has 1 aliphatic carbocycles. The van der Waals surface area contributed by atoms with Crippen LogP contribution >= 0.6 is 0 Å². The average molecular weight is 1250 g/mol. The third kappa shape index (κ3) is 11.7. The van der Waals surface area contributed by atoms with Crippen molar-refractivity contribution >= 4 is 118 Å². The van der Waals surface area contributed by atoms with Gasteiger partial charge in [-0.2, -0.15) is 0 Å². The van der Waals surface area contributed by atoms with Gasteiger partial charge in [0.05, 0.1) is 11.0 Å². The maximum absolute atomic E-state index is 4.83. The molecule has 0 saturated carbocycles. The number of para-hydroxylation sites is 6.